The number of nitriles is 1. The van der Waals surface area contributed by atoms with Gasteiger partial charge in [-0.25, -0.2) is 0 Å². The normalized spacial score (nSPS) is 11.5. The molecule has 0 aliphatic carbocycles. The molecule has 2 heterocycles. The third-order valence-corrected chi connectivity index (χ3v) is 7.96. The van der Waals surface area contributed by atoms with Gasteiger partial charge in [-0.1, -0.05) is 91.0 Å². The van der Waals surface area contributed by atoms with Gasteiger partial charge in [-0.2, -0.15) is 5.26 Å². The van der Waals surface area contributed by atoms with E-state index in [0.717, 1.165) is 22.5 Å². The lowest BCUT2D eigenvalue weighted by Crippen LogP contribution is -1.98. The maximum Gasteiger partial charge on any atom is 0.0991 e. The van der Waals surface area contributed by atoms with Crippen LogP contribution in [-0.2, 0) is 0 Å². The van der Waals surface area contributed by atoms with Crippen LogP contribution in [0.25, 0.3) is 66.1 Å². The second-order valence-electron chi connectivity index (χ2n) is 10.1. The molecule has 0 N–H and O–H groups in total. The molecule has 0 radical (unpaired) electrons. The first-order valence-corrected chi connectivity index (χ1v) is 13.4. The number of fused-ring (bicyclic) bond motifs is 7. The number of hydrogen-bond acceptors (Lipinski definition) is 1. The van der Waals surface area contributed by atoms with Gasteiger partial charge in [-0.3, -0.25) is 0 Å². The first-order chi connectivity index (χ1) is 19.8. The molecule has 0 spiro atoms. The predicted octanol–water partition coefficient (Wildman–Crippen LogP) is 9.42. The Balaban J connectivity index is 1.47. The van der Waals surface area contributed by atoms with Crippen LogP contribution in [0.15, 0.2) is 140 Å². The zero-order valence-electron chi connectivity index (χ0n) is 21.6. The summed E-state index contributed by atoms with van der Waals surface area (Å²) < 4.78 is 4.82. The lowest BCUT2D eigenvalue weighted by molar-refractivity contribution is 1.15. The van der Waals surface area contributed by atoms with E-state index in [4.69, 9.17) is 0 Å². The van der Waals surface area contributed by atoms with Gasteiger partial charge in [0.1, 0.15) is 0 Å². The van der Waals surface area contributed by atoms with E-state index in [2.05, 4.69) is 130 Å². The minimum absolute atomic E-state index is 0.670. The van der Waals surface area contributed by atoms with E-state index in [9.17, 15) is 5.26 Å². The van der Waals surface area contributed by atoms with Gasteiger partial charge >= 0.3 is 0 Å². The van der Waals surface area contributed by atoms with Crippen LogP contribution >= 0.6 is 0 Å². The maximum atomic E-state index is 9.17. The summed E-state index contributed by atoms with van der Waals surface area (Å²) >= 11 is 0. The number of para-hydroxylation sites is 3. The van der Waals surface area contributed by atoms with Crippen molar-refractivity contribution in [2.45, 2.75) is 0 Å². The number of hydrogen-bond donors (Lipinski definition) is 0. The summed E-state index contributed by atoms with van der Waals surface area (Å²) in [6, 6.07) is 51.3. The summed E-state index contributed by atoms with van der Waals surface area (Å²) in [6.07, 6.45) is 0. The molecule has 0 saturated carbocycles. The minimum atomic E-state index is 0.670. The van der Waals surface area contributed by atoms with Crippen LogP contribution in [0.1, 0.15) is 5.56 Å². The van der Waals surface area contributed by atoms with Crippen molar-refractivity contribution in [1.82, 2.24) is 9.13 Å². The van der Waals surface area contributed by atoms with Crippen molar-refractivity contribution in [1.29, 1.82) is 5.26 Å². The van der Waals surface area contributed by atoms with Crippen molar-refractivity contribution in [2.75, 3.05) is 0 Å². The van der Waals surface area contributed by atoms with Crippen LogP contribution in [-0.4, -0.2) is 9.13 Å². The first-order valence-electron chi connectivity index (χ1n) is 13.4. The molecule has 0 fully saturated rings. The predicted molar refractivity (Wildman–Crippen MR) is 165 cm³/mol. The number of benzene rings is 6. The number of aromatic nitrogens is 2. The largest absolute Gasteiger partial charge is 0.307 e. The SMILES string of the molecule is N#Cc1ccc(-c2ccc(-n3c4ccccc4c4ccc5c6ccccc6n(-c6ccccc6)c5c43)cc2)cc1. The van der Waals surface area contributed by atoms with Gasteiger partial charge in [0.2, 0.25) is 0 Å². The van der Waals surface area contributed by atoms with Crippen molar-refractivity contribution in [3.05, 3.63) is 145 Å². The van der Waals surface area contributed by atoms with Crippen molar-refractivity contribution in [2.24, 2.45) is 0 Å². The van der Waals surface area contributed by atoms with E-state index < -0.39 is 0 Å². The number of rotatable bonds is 3. The fourth-order valence-electron chi connectivity index (χ4n) is 6.15. The summed E-state index contributed by atoms with van der Waals surface area (Å²) in [6.45, 7) is 0. The van der Waals surface area contributed by atoms with Gasteiger partial charge in [0, 0.05) is 32.9 Å². The summed E-state index contributed by atoms with van der Waals surface area (Å²) in [5.74, 6) is 0. The van der Waals surface area contributed by atoms with Crippen LogP contribution in [0.3, 0.4) is 0 Å². The second-order valence-corrected chi connectivity index (χ2v) is 10.1. The lowest BCUT2D eigenvalue weighted by atomic mass is 10.0. The van der Waals surface area contributed by atoms with E-state index in [1.54, 1.807) is 0 Å². The highest BCUT2D eigenvalue weighted by Gasteiger charge is 2.20. The van der Waals surface area contributed by atoms with Crippen molar-refractivity contribution in [3.8, 4) is 28.6 Å². The highest BCUT2D eigenvalue weighted by atomic mass is 15.0. The molecule has 8 rings (SSSR count). The van der Waals surface area contributed by atoms with E-state index in [1.807, 2.05) is 24.3 Å². The molecular weight excluding hydrogens is 486 g/mol. The smallest absolute Gasteiger partial charge is 0.0991 e. The van der Waals surface area contributed by atoms with Gasteiger partial charge in [0.05, 0.1) is 33.7 Å². The molecule has 3 nitrogen and oxygen atoms in total. The molecule has 3 heteroatoms. The van der Waals surface area contributed by atoms with Crippen molar-refractivity contribution in [3.63, 3.8) is 0 Å². The van der Waals surface area contributed by atoms with Crippen LogP contribution in [0.4, 0.5) is 0 Å². The van der Waals surface area contributed by atoms with Crippen molar-refractivity contribution >= 4 is 43.6 Å². The summed E-state index contributed by atoms with van der Waals surface area (Å²) in [4.78, 5) is 0. The van der Waals surface area contributed by atoms with Crippen molar-refractivity contribution < 1.29 is 0 Å². The fourth-order valence-corrected chi connectivity index (χ4v) is 6.15. The Morgan fingerprint density at radius 3 is 1.38 bits per heavy atom. The molecule has 0 unspecified atom stereocenters. The standard InChI is InChI=1S/C37H23N3/c38-24-25-14-16-26(17-15-25)27-18-20-29(21-19-27)40-35-13-7-5-11-31(35)33-23-22-32-30-10-4-6-12-34(30)39(36(32)37(33)40)28-8-2-1-3-9-28/h1-23H. The average molecular weight is 510 g/mol. The van der Waals surface area contributed by atoms with Gasteiger partial charge < -0.3 is 9.13 Å². The second kappa shape index (κ2) is 8.73. The summed E-state index contributed by atoms with van der Waals surface area (Å²) in [5.41, 5.74) is 9.93. The monoisotopic (exact) mass is 509 g/mol. The van der Waals surface area contributed by atoms with Crippen LogP contribution < -0.4 is 0 Å². The third-order valence-electron chi connectivity index (χ3n) is 7.96. The minimum Gasteiger partial charge on any atom is -0.307 e. The van der Waals surface area contributed by atoms with E-state index in [-0.39, 0.29) is 0 Å². The van der Waals surface area contributed by atoms with Gasteiger partial charge in [-0.15, -0.1) is 0 Å². The van der Waals surface area contributed by atoms with Gasteiger partial charge in [0.25, 0.3) is 0 Å². The van der Waals surface area contributed by atoms with Crippen LogP contribution in [0.5, 0.6) is 0 Å². The zero-order chi connectivity index (χ0) is 26.6. The quantitative estimate of drug-likeness (QED) is 0.233. The molecule has 6 aromatic carbocycles. The molecule has 0 atom stereocenters. The molecule has 0 aliphatic rings. The molecule has 0 saturated heterocycles. The van der Waals surface area contributed by atoms with Gasteiger partial charge in [-0.05, 0) is 59.7 Å². The lowest BCUT2D eigenvalue weighted by Gasteiger charge is -2.13. The van der Waals surface area contributed by atoms with Crippen LogP contribution in [0, 0.1) is 11.3 Å². The summed E-state index contributed by atoms with van der Waals surface area (Å²) in [5, 5.41) is 14.1. The summed E-state index contributed by atoms with van der Waals surface area (Å²) in [7, 11) is 0. The Morgan fingerprint density at radius 1 is 0.400 bits per heavy atom. The molecule has 0 aliphatic heterocycles. The third kappa shape index (κ3) is 3.24. The van der Waals surface area contributed by atoms with E-state index >= 15 is 0 Å². The molecule has 8 aromatic rings. The topological polar surface area (TPSA) is 33.6 Å². The van der Waals surface area contributed by atoms with E-state index in [1.165, 1.54) is 43.6 Å². The Kier molecular flexibility index (Phi) is 4.89. The Bertz CT molecular complexity index is 2240. The van der Waals surface area contributed by atoms with Gasteiger partial charge in [0.15, 0.2) is 0 Å². The molecule has 186 valence electrons. The Labute approximate surface area is 231 Å². The Morgan fingerprint density at radius 2 is 0.850 bits per heavy atom. The molecule has 2 aromatic heterocycles. The van der Waals surface area contributed by atoms with E-state index in [0.29, 0.717) is 5.56 Å². The average Bonchev–Trinajstić information content (AvgIpc) is 3.55. The zero-order valence-corrected chi connectivity index (χ0v) is 21.6. The maximum absolute atomic E-state index is 9.17. The number of nitrogens with zero attached hydrogens (tertiary/aromatic N) is 3. The van der Waals surface area contributed by atoms with Crippen LogP contribution in [0.2, 0.25) is 0 Å². The molecule has 0 bridgehead atoms. The Hall–Kier alpha value is -5.59. The highest BCUT2D eigenvalue weighted by Crippen LogP contribution is 2.41. The molecule has 0 amide bonds. The first kappa shape index (κ1) is 22.4. The molecular formula is C37H23N3. The fraction of sp³-hybridized carbons (Fsp3) is 0. The molecule has 40 heavy (non-hydrogen) atoms. The highest BCUT2D eigenvalue weighted by molar-refractivity contribution is 6.23.